The molecule has 0 N–H and O–H groups in total. The molecule has 0 bridgehead atoms. The largest absolute Gasteiger partial charge is 0.353 e. The summed E-state index contributed by atoms with van der Waals surface area (Å²) in [5.74, 6) is -0.00150. The van der Waals surface area contributed by atoms with Crippen LogP contribution >= 0.6 is 0 Å². The van der Waals surface area contributed by atoms with Crippen LogP contribution in [0.1, 0.15) is 44.9 Å². The van der Waals surface area contributed by atoms with Crippen molar-refractivity contribution in [3.8, 4) is 0 Å². The lowest BCUT2D eigenvalue weighted by Gasteiger charge is -2.31. The van der Waals surface area contributed by atoms with Gasteiger partial charge >= 0.3 is 0 Å². The normalized spacial score (nSPS) is 11.9. The molecule has 0 aliphatic carbocycles. The Labute approximate surface area is 162 Å². The van der Waals surface area contributed by atoms with E-state index in [-0.39, 0.29) is 24.4 Å². The maximum absolute atomic E-state index is 13.2. The molecule has 0 aliphatic heterocycles. The summed E-state index contributed by atoms with van der Waals surface area (Å²) in [6, 6.07) is 14.0. The third-order valence-electron chi connectivity index (χ3n) is 5.02. The molecule has 0 spiro atoms. The minimum atomic E-state index is -0.0258. The highest BCUT2D eigenvalue weighted by atomic mass is 16.2. The summed E-state index contributed by atoms with van der Waals surface area (Å²) in [6.45, 7) is 7.05. The van der Waals surface area contributed by atoms with Crippen LogP contribution in [0.4, 0.5) is 0 Å². The summed E-state index contributed by atoms with van der Waals surface area (Å²) in [7, 11) is 1.98. The average Bonchev–Trinajstić information content (AvgIpc) is 3.09. The highest BCUT2D eigenvalue weighted by Crippen LogP contribution is 2.13. The second kappa shape index (κ2) is 9.95. The molecule has 146 valence electrons. The van der Waals surface area contributed by atoms with Gasteiger partial charge in [0.15, 0.2) is 0 Å². The van der Waals surface area contributed by atoms with Gasteiger partial charge in [0.05, 0.1) is 6.54 Å². The zero-order valence-corrected chi connectivity index (χ0v) is 16.9. The van der Waals surface area contributed by atoms with E-state index >= 15 is 0 Å². The Balaban J connectivity index is 2.21. The third-order valence-corrected chi connectivity index (χ3v) is 5.02. The first-order valence-corrected chi connectivity index (χ1v) is 9.67. The molecule has 0 saturated heterocycles. The van der Waals surface area contributed by atoms with Crippen LogP contribution in [-0.4, -0.2) is 38.8 Å². The molecule has 0 radical (unpaired) electrons. The van der Waals surface area contributed by atoms with E-state index in [1.807, 2.05) is 85.9 Å². The van der Waals surface area contributed by atoms with Crippen molar-refractivity contribution in [1.82, 2.24) is 14.4 Å². The molecule has 2 amide bonds. The van der Waals surface area contributed by atoms with Crippen molar-refractivity contribution in [3.05, 3.63) is 59.9 Å². The Morgan fingerprint density at radius 3 is 2.26 bits per heavy atom. The van der Waals surface area contributed by atoms with Crippen molar-refractivity contribution < 1.29 is 9.59 Å². The van der Waals surface area contributed by atoms with Crippen LogP contribution in [0.3, 0.4) is 0 Å². The number of rotatable bonds is 9. The van der Waals surface area contributed by atoms with E-state index in [1.54, 1.807) is 4.90 Å². The lowest BCUT2D eigenvalue weighted by molar-refractivity contribution is -0.142. The molecular formula is C22H31N3O2. The van der Waals surface area contributed by atoms with Crippen molar-refractivity contribution in [2.24, 2.45) is 7.05 Å². The summed E-state index contributed by atoms with van der Waals surface area (Å²) in [5.41, 5.74) is 2.15. The van der Waals surface area contributed by atoms with Gasteiger partial charge in [0.25, 0.3) is 0 Å². The number of nitrogens with zero attached hydrogens (tertiary/aromatic N) is 3. The monoisotopic (exact) mass is 369 g/mol. The van der Waals surface area contributed by atoms with Crippen molar-refractivity contribution in [3.63, 3.8) is 0 Å². The quantitative estimate of drug-likeness (QED) is 0.678. The number of carbonyl (C=O) groups is 2. The van der Waals surface area contributed by atoms with Crippen LogP contribution in [-0.2, 0) is 29.7 Å². The molecule has 5 heteroatoms. The molecule has 0 fully saturated rings. The van der Waals surface area contributed by atoms with Crippen molar-refractivity contribution >= 4 is 11.8 Å². The van der Waals surface area contributed by atoms with Gasteiger partial charge in [-0.25, -0.2) is 0 Å². The number of aromatic nitrogens is 1. The Bertz CT molecular complexity index is 739. The first-order chi connectivity index (χ1) is 13.0. The van der Waals surface area contributed by atoms with Gasteiger partial charge < -0.3 is 14.4 Å². The van der Waals surface area contributed by atoms with Gasteiger partial charge in [-0.15, -0.1) is 0 Å². The summed E-state index contributed by atoms with van der Waals surface area (Å²) < 4.78 is 2.02. The molecule has 2 aromatic rings. The molecule has 1 aromatic heterocycles. The lowest BCUT2D eigenvalue weighted by Crippen LogP contribution is -2.46. The topological polar surface area (TPSA) is 45.6 Å². The SMILES string of the molecule is CCC(=O)N(CC(=O)N(Cc1ccccc1)Cc1cccn1C)C(C)CC. The number of amides is 2. The Hall–Kier alpha value is -2.56. The minimum Gasteiger partial charge on any atom is -0.353 e. The van der Waals surface area contributed by atoms with Crippen LogP contribution in [0.2, 0.25) is 0 Å². The van der Waals surface area contributed by atoms with Gasteiger partial charge in [-0.2, -0.15) is 0 Å². The molecule has 1 aromatic carbocycles. The van der Waals surface area contributed by atoms with E-state index in [0.717, 1.165) is 17.7 Å². The Kier molecular flexibility index (Phi) is 7.65. The fraction of sp³-hybridized carbons (Fsp3) is 0.455. The number of carbonyl (C=O) groups excluding carboxylic acids is 2. The number of aryl methyl sites for hydroxylation is 1. The smallest absolute Gasteiger partial charge is 0.242 e. The molecule has 1 heterocycles. The van der Waals surface area contributed by atoms with Gasteiger partial charge in [0.1, 0.15) is 6.54 Å². The predicted molar refractivity (Wildman–Crippen MR) is 108 cm³/mol. The average molecular weight is 370 g/mol. The second-order valence-corrected chi connectivity index (χ2v) is 6.98. The summed E-state index contributed by atoms with van der Waals surface area (Å²) in [5, 5.41) is 0. The Morgan fingerprint density at radius 1 is 1.00 bits per heavy atom. The van der Waals surface area contributed by atoms with Crippen molar-refractivity contribution in [2.45, 2.75) is 52.7 Å². The first kappa shape index (κ1) is 20.7. The summed E-state index contributed by atoms with van der Waals surface area (Å²) >= 11 is 0. The number of benzene rings is 1. The van der Waals surface area contributed by atoms with E-state index in [1.165, 1.54) is 0 Å². The maximum atomic E-state index is 13.2. The van der Waals surface area contributed by atoms with Gasteiger partial charge in [-0.1, -0.05) is 44.2 Å². The maximum Gasteiger partial charge on any atom is 0.242 e. The fourth-order valence-electron chi connectivity index (χ4n) is 3.05. The van der Waals surface area contributed by atoms with E-state index in [9.17, 15) is 9.59 Å². The highest BCUT2D eigenvalue weighted by Gasteiger charge is 2.24. The zero-order chi connectivity index (χ0) is 19.8. The van der Waals surface area contributed by atoms with Crippen LogP contribution in [0.25, 0.3) is 0 Å². The second-order valence-electron chi connectivity index (χ2n) is 6.98. The minimum absolute atomic E-state index is 0.0243. The molecule has 0 saturated carbocycles. The molecule has 1 unspecified atom stereocenters. The summed E-state index contributed by atoms with van der Waals surface area (Å²) in [6.07, 6.45) is 3.22. The van der Waals surface area contributed by atoms with E-state index in [0.29, 0.717) is 19.5 Å². The molecule has 2 rings (SSSR count). The molecule has 5 nitrogen and oxygen atoms in total. The highest BCUT2D eigenvalue weighted by molar-refractivity contribution is 5.85. The van der Waals surface area contributed by atoms with Crippen LogP contribution in [0.5, 0.6) is 0 Å². The molecule has 27 heavy (non-hydrogen) atoms. The molecule has 0 aliphatic rings. The first-order valence-electron chi connectivity index (χ1n) is 9.67. The van der Waals surface area contributed by atoms with Crippen LogP contribution in [0, 0.1) is 0 Å². The zero-order valence-electron chi connectivity index (χ0n) is 16.9. The standard InChI is InChI=1S/C22H31N3O2/c1-5-18(3)25(21(26)6-2)17-22(27)24(15-19-11-8-7-9-12-19)16-20-13-10-14-23(20)4/h7-14,18H,5-6,15-17H2,1-4H3. The van der Waals surface area contributed by atoms with E-state index in [2.05, 4.69) is 0 Å². The van der Waals surface area contributed by atoms with Crippen LogP contribution < -0.4 is 0 Å². The molecule has 1 atom stereocenters. The number of hydrogen-bond acceptors (Lipinski definition) is 2. The van der Waals surface area contributed by atoms with Gasteiger partial charge in [-0.3, -0.25) is 9.59 Å². The summed E-state index contributed by atoms with van der Waals surface area (Å²) in [4.78, 5) is 29.1. The number of hydrogen-bond donors (Lipinski definition) is 0. The lowest BCUT2D eigenvalue weighted by atomic mass is 10.2. The van der Waals surface area contributed by atoms with E-state index in [4.69, 9.17) is 0 Å². The van der Waals surface area contributed by atoms with Crippen LogP contribution in [0.15, 0.2) is 48.7 Å². The fourth-order valence-corrected chi connectivity index (χ4v) is 3.05. The van der Waals surface area contributed by atoms with Gasteiger partial charge in [-0.05, 0) is 31.0 Å². The van der Waals surface area contributed by atoms with Crippen molar-refractivity contribution in [1.29, 1.82) is 0 Å². The predicted octanol–water partition coefficient (Wildman–Crippen LogP) is 3.59. The third kappa shape index (κ3) is 5.71. The van der Waals surface area contributed by atoms with Gasteiger partial charge in [0, 0.05) is 37.9 Å². The molecular weight excluding hydrogens is 338 g/mol. The van der Waals surface area contributed by atoms with Crippen molar-refractivity contribution in [2.75, 3.05) is 6.54 Å². The Morgan fingerprint density at radius 2 is 1.70 bits per heavy atom. The van der Waals surface area contributed by atoms with E-state index < -0.39 is 0 Å². The van der Waals surface area contributed by atoms with Gasteiger partial charge in [0.2, 0.25) is 11.8 Å².